The smallest absolute Gasteiger partial charge is 0.228 e. The van der Waals surface area contributed by atoms with Crippen molar-refractivity contribution in [1.82, 2.24) is 9.80 Å². The Morgan fingerprint density at radius 2 is 1.84 bits per heavy atom. The van der Waals surface area contributed by atoms with E-state index in [2.05, 4.69) is 4.90 Å². The molecule has 0 N–H and O–H groups in total. The van der Waals surface area contributed by atoms with Gasteiger partial charge >= 0.3 is 0 Å². The van der Waals surface area contributed by atoms with Crippen LogP contribution in [0.2, 0.25) is 0 Å². The number of anilines is 1. The van der Waals surface area contributed by atoms with Crippen molar-refractivity contribution >= 4 is 17.5 Å². The lowest BCUT2D eigenvalue weighted by Crippen LogP contribution is -2.50. The van der Waals surface area contributed by atoms with Crippen molar-refractivity contribution in [2.24, 2.45) is 5.92 Å². The van der Waals surface area contributed by atoms with Gasteiger partial charge in [-0.25, -0.2) is 0 Å². The van der Waals surface area contributed by atoms with Crippen molar-refractivity contribution in [2.75, 3.05) is 44.7 Å². The van der Waals surface area contributed by atoms with Gasteiger partial charge < -0.3 is 19.4 Å². The summed E-state index contributed by atoms with van der Waals surface area (Å²) in [6, 6.07) is 8.12. The number of amides is 2. The summed E-state index contributed by atoms with van der Waals surface area (Å²) >= 11 is 0. The van der Waals surface area contributed by atoms with Gasteiger partial charge in [-0.05, 0) is 26.0 Å². The normalized spacial score (nSPS) is 21.2. The highest BCUT2D eigenvalue weighted by molar-refractivity contribution is 5.89. The third kappa shape index (κ3) is 3.57. The summed E-state index contributed by atoms with van der Waals surface area (Å²) < 4.78 is 5.43. The summed E-state index contributed by atoms with van der Waals surface area (Å²) in [5.41, 5.74) is 1.07. The van der Waals surface area contributed by atoms with E-state index < -0.39 is 0 Å². The number of rotatable bonds is 4. The van der Waals surface area contributed by atoms with Gasteiger partial charge in [-0.15, -0.1) is 0 Å². The summed E-state index contributed by atoms with van der Waals surface area (Å²) in [6.07, 6.45) is 0.351. The molecule has 2 heterocycles. The van der Waals surface area contributed by atoms with Gasteiger partial charge in [0.2, 0.25) is 11.8 Å². The molecule has 0 bridgehead atoms. The summed E-state index contributed by atoms with van der Waals surface area (Å²) in [5, 5.41) is 0. The van der Waals surface area contributed by atoms with Gasteiger partial charge in [0.1, 0.15) is 5.75 Å². The van der Waals surface area contributed by atoms with Crippen molar-refractivity contribution in [3.05, 3.63) is 24.3 Å². The van der Waals surface area contributed by atoms with Crippen LogP contribution in [0.15, 0.2) is 24.3 Å². The number of hydrogen-bond donors (Lipinski definition) is 0. The predicted molar refractivity (Wildman–Crippen MR) is 96.7 cm³/mol. The predicted octanol–water partition coefficient (Wildman–Crippen LogP) is 1.60. The van der Waals surface area contributed by atoms with Gasteiger partial charge in [-0.3, -0.25) is 9.59 Å². The van der Waals surface area contributed by atoms with E-state index in [1.807, 2.05) is 47.9 Å². The van der Waals surface area contributed by atoms with Crippen molar-refractivity contribution in [3.63, 3.8) is 0 Å². The maximum Gasteiger partial charge on any atom is 0.228 e. The van der Waals surface area contributed by atoms with Crippen molar-refractivity contribution < 1.29 is 14.3 Å². The van der Waals surface area contributed by atoms with Crippen LogP contribution in [0.4, 0.5) is 5.69 Å². The number of likely N-dealkylation sites (tertiary alicyclic amines) is 1. The number of para-hydroxylation sites is 2. The summed E-state index contributed by atoms with van der Waals surface area (Å²) in [7, 11) is 1.68. The number of hydrogen-bond acceptors (Lipinski definition) is 4. The lowest BCUT2D eigenvalue weighted by atomic mass is 10.1. The van der Waals surface area contributed by atoms with E-state index in [1.165, 1.54) is 0 Å². The number of carbonyl (C=O) groups is 2. The highest BCUT2D eigenvalue weighted by Crippen LogP contribution is 2.29. The van der Waals surface area contributed by atoms with Gasteiger partial charge in [-0.1, -0.05) is 12.1 Å². The minimum Gasteiger partial charge on any atom is -0.495 e. The first-order valence-corrected chi connectivity index (χ1v) is 8.97. The van der Waals surface area contributed by atoms with E-state index in [-0.39, 0.29) is 23.8 Å². The summed E-state index contributed by atoms with van der Waals surface area (Å²) in [5.74, 6) is 0.890. The first kappa shape index (κ1) is 17.6. The quantitative estimate of drug-likeness (QED) is 0.832. The summed E-state index contributed by atoms with van der Waals surface area (Å²) in [6.45, 7) is 7.48. The second-order valence-corrected chi connectivity index (χ2v) is 7.03. The molecule has 0 unspecified atom stereocenters. The number of benzene rings is 1. The Bertz CT molecular complexity index is 639. The number of methoxy groups -OCH3 is 1. The number of ether oxygens (including phenoxy) is 1. The fourth-order valence-electron chi connectivity index (χ4n) is 3.71. The molecule has 2 aliphatic heterocycles. The molecule has 2 fully saturated rings. The number of piperazine rings is 1. The van der Waals surface area contributed by atoms with E-state index in [9.17, 15) is 9.59 Å². The molecule has 0 radical (unpaired) electrons. The molecule has 2 saturated heterocycles. The van der Waals surface area contributed by atoms with Crippen LogP contribution in [-0.2, 0) is 9.59 Å². The van der Waals surface area contributed by atoms with Crippen LogP contribution >= 0.6 is 0 Å². The molecule has 25 heavy (non-hydrogen) atoms. The molecular formula is C19H27N3O3. The van der Waals surface area contributed by atoms with Crippen LogP contribution in [0.3, 0.4) is 0 Å². The fourth-order valence-corrected chi connectivity index (χ4v) is 3.71. The largest absolute Gasteiger partial charge is 0.495 e. The van der Waals surface area contributed by atoms with Gasteiger partial charge in [0.25, 0.3) is 0 Å². The van der Waals surface area contributed by atoms with E-state index in [1.54, 1.807) is 7.11 Å². The molecule has 6 heteroatoms. The Hall–Kier alpha value is -2.24. The third-order valence-electron chi connectivity index (χ3n) is 5.15. The zero-order valence-electron chi connectivity index (χ0n) is 15.3. The maximum atomic E-state index is 12.8. The molecule has 2 amide bonds. The van der Waals surface area contributed by atoms with Gasteiger partial charge in [-0.2, -0.15) is 0 Å². The zero-order chi connectivity index (χ0) is 18.0. The van der Waals surface area contributed by atoms with Crippen molar-refractivity contribution in [3.8, 4) is 5.75 Å². The number of nitrogens with zero attached hydrogens (tertiary/aromatic N) is 3. The molecule has 0 spiro atoms. The van der Waals surface area contributed by atoms with E-state index in [0.29, 0.717) is 26.1 Å². The lowest BCUT2D eigenvalue weighted by Gasteiger charge is -2.37. The van der Waals surface area contributed by atoms with Gasteiger partial charge in [0.05, 0.1) is 18.7 Å². The Kier molecular flexibility index (Phi) is 5.16. The molecule has 136 valence electrons. The van der Waals surface area contributed by atoms with E-state index in [0.717, 1.165) is 24.5 Å². The van der Waals surface area contributed by atoms with Crippen molar-refractivity contribution in [2.45, 2.75) is 26.3 Å². The summed E-state index contributed by atoms with van der Waals surface area (Å²) in [4.78, 5) is 30.8. The standard InChI is InChI=1S/C19H27N3O3/c1-14(2)22-13-15(12-18(22)23)19(24)21-10-8-20(9-11-21)16-6-4-5-7-17(16)25-3/h4-7,14-15H,8-13H2,1-3H3/t15-/m1/s1. The van der Waals surface area contributed by atoms with Crippen LogP contribution in [0.5, 0.6) is 5.75 Å². The van der Waals surface area contributed by atoms with Crippen LogP contribution in [-0.4, -0.2) is 67.5 Å². The third-order valence-corrected chi connectivity index (χ3v) is 5.15. The molecule has 0 saturated carbocycles. The average Bonchev–Trinajstić information content (AvgIpc) is 3.03. The van der Waals surface area contributed by atoms with Gasteiger partial charge in [0, 0.05) is 45.2 Å². The second-order valence-electron chi connectivity index (χ2n) is 7.03. The minimum absolute atomic E-state index is 0.0982. The molecule has 1 aromatic carbocycles. The Balaban J connectivity index is 1.59. The second kappa shape index (κ2) is 7.33. The Morgan fingerprint density at radius 3 is 2.44 bits per heavy atom. The maximum absolute atomic E-state index is 12.8. The average molecular weight is 345 g/mol. The van der Waals surface area contributed by atoms with E-state index >= 15 is 0 Å². The zero-order valence-corrected chi connectivity index (χ0v) is 15.3. The number of carbonyl (C=O) groups excluding carboxylic acids is 2. The van der Waals surface area contributed by atoms with Crippen LogP contribution < -0.4 is 9.64 Å². The molecule has 3 rings (SSSR count). The molecule has 2 aliphatic rings. The highest BCUT2D eigenvalue weighted by Gasteiger charge is 2.38. The lowest BCUT2D eigenvalue weighted by molar-refractivity contribution is -0.136. The van der Waals surface area contributed by atoms with Crippen LogP contribution in [0.1, 0.15) is 20.3 Å². The molecular weight excluding hydrogens is 318 g/mol. The fraction of sp³-hybridized carbons (Fsp3) is 0.579. The SMILES string of the molecule is COc1ccccc1N1CCN(C(=O)[C@@H]2CC(=O)N(C(C)C)C2)CC1. The molecule has 0 aliphatic carbocycles. The van der Waals surface area contributed by atoms with Crippen LogP contribution in [0, 0.1) is 5.92 Å². The first-order chi connectivity index (χ1) is 12.0. The van der Waals surface area contributed by atoms with Gasteiger partial charge in [0.15, 0.2) is 0 Å². The molecule has 1 aromatic rings. The monoisotopic (exact) mass is 345 g/mol. The van der Waals surface area contributed by atoms with Crippen LogP contribution in [0.25, 0.3) is 0 Å². The molecule has 6 nitrogen and oxygen atoms in total. The van der Waals surface area contributed by atoms with E-state index in [4.69, 9.17) is 4.74 Å². The Morgan fingerprint density at radius 1 is 1.16 bits per heavy atom. The minimum atomic E-state index is -0.187. The Labute approximate surface area is 149 Å². The highest BCUT2D eigenvalue weighted by atomic mass is 16.5. The van der Waals surface area contributed by atoms with Crippen molar-refractivity contribution in [1.29, 1.82) is 0 Å². The molecule has 0 aromatic heterocycles. The topological polar surface area (TPSA) is 53.1 Å². The molecule has 1 atom stereocenters. The first-order valence-electron chi connectivity index (χ1n) is 8.97.